The summed E-state index contributed by atoms with van der Waals surface area (Å²) in [5.74, 6) is 0.448. The van der Waals surface area contributed by atoms with Crippen LogP contribution in [0.15, 0.2) is 0 Å². The Balaban J connectivity index is 2.38. The lowest BCUT2D eigenvalue weighted by atomic mass is 9.99. The number of nitrogens with zero attached hydrogens (tertiary/aromatic N) is 2. The second-order valence-electron chi connectivity index (χ2n) is 5.46. The van der Waals surface area contributed by atoms with Crippen molar-refractivity contribution in [2.75, 3.05) is 39.5 Å². The van der Waals surface area contributed by atoms with E-state index >= 15 is 0 Å². The lowest BCUT2D eigenvalue weighted by molar-refractivity contribution is 0.199. The quantitative estimate of drug-likeness (QED) is 0.699. The molecule has 1 rings (SSSR count). The van der Waals surface area contributed by atoms with E-state index in [-0.39, 0.29) is 5.38 Å². The molecule has 2 atom stereocenters. The van der Waals surface area contributed by atoms with Crippen LogP contribution in [0.1, 0.15) is 26.2 Å². The van der Waals surface area contributed by atoms with E-state index in [2.05, 4.69) is 11.9 Å². The smallest absolute Gasteiger partial charge is 0.211 e. The molecule has 0 saturated carbocycles. The highest BCUT2D eigenvalue weighted by Gasteiger charge is 2.26. The van der Waals surface area contributed by atoms with Crippen LogP contribution in [0.25, 0.3) is 0 Å². The van der Waals surface area contributed by atoms with Gasteiger partial charge in [-0.25, -0.2) is 12.7 Å². The van der Waals surface area contributed by atoms with Crippen LogP contribution in [-0.2, 0) is 10.0 Å². The third-order valence-corrected chi connectivity index (χ3v) is 4.92. The zero-order valence-corrected chi connectivity index (χ0v) is 13.2. The molecule has 2 unspecified atom stereocenters. The fourth-order valence-corrected chi connectivity index (χ4v) is 3.45. The van der Waals surface area contributed by atoms with E-state index in [9.17, 15) is 8.42 Å². The molecule has 0 bridgehead atoms. The molecule has 0 radical (unpaired) electrons. The van der Waals surface area contributed by atoms with E-state index in [4.69, 9.17) is 11.6 Å². The zero-order valence-electron chi connectivity index (χ0n) is 11.6. The maximum atomic E-state index is 11.5. The topological polar surface area (TPSA) is 40.6 Å². The Morgan fingerprint density at radius 2 is 2.17 bits per heavy atom. The first kappa shape index (κ1) is 16.2. The third-order valence-electron chi connectivity index (χ3n) is 3.43. The van der Waals surface area contributed by atoms with Crippen molar-refractivity contribution in [1.29, 1.82) is 0 Å². The molecule has 0 N–H and O–H groups in total. The number of hydrogen-bond donors (Lipinski definition) is 0. The van der Waals surface area contributed by atoms with Gasteiger partial charge >= 0.3 is 0 Å². The van der Waals surface area contributed by atoms with Crippen LogP contribution in [-0.4, -0.2) is 62.5 Å². The molecule has 0 amide bonds. The second-order valence-corrected chi connectivity index (χ2v) is 8.19. The van der Waals surface area contributed by atoms with Gasteiger partial charge in [-0.1, -0.05) is 0 Å². The van der Waals surface area contributed by atoms with Gasteiger partial charge in [0.15, 0.2) is 0 Å². The van der Waals surface area contributed by atoms with Crippen LogP contribution in [0.2, 0.25) is 0 Å². The lowest BCUT2D eigenvalue weighted by Crippen LogP contribution is -2.42. The van der Waals surface area contributed by atoms with Crippen molar-refractivity contribution < 1.29 is 8.42 Å². The first-order chi connectivity index (χ1) is 8.29. The van der Waals surface area contributed by atoms with E-state index in [1.807, 2.05) is 6.92 Å². The molecule has 108 valence electrons. The van der Waals surface area contributed by atoms with Crippen LogP contribution < -0.4 is 0 Å². The van der Waals surface area contributed by atoms with Crippen molar-refractivity contribution in [2.45, 2.75) is 31.6 Å². The largest absolute Gasteiger partial charge is 0.306 e. The van der Waals surface area contributed by atoms with Crippen molar-refractivity contribution in [3.8, 4) is 0 Å². The number of hydrogen-bond acceptors (Lipinski definition) is 3. The van der Waals surface area contributed by atoms with Crippen molar-refractivity contribution in [2.24, 2.45) is 5.92 Å². The summed E-state index contributed by atoms with van der Waals surface area (Å²) in [4.78, 5) is 2.26. The lowest BCUT2D eigenvalue weighted by Gasteiger charge is -2.33. The maximum Gasteiger partial charge on any atom is 0.211 e. The minimum absolute atomic E-state index is 0.200. The highest BCUT2D eigenvalue weighted by molar-refractivity contribution is 7.88. The highest BCUT2D eigenvalue weighted by atomic mass is 35.5. The molecular formula is C12H25ClN2O2S. The number of piperidine rings is 1. The van der Waals surface area contributed by atoms with Crippen molar-refractivity contribution in [3.63, 3.8) is 0 Å². The normalized spacial score (nSPS) is 24.4. The van der Waals surface area contributed by atoms with Crippen molar-refractivity contribution >= 4 is 21.6 Å². The van der Waals surface area contributed by atoms with E-state index in [0.717, 1.165) is 32.4 Å². The fourth-order valence-electron chi connectivity index (χ4n) is 2.41. The summed E-state index contributed by atoms with van der Waals surface area (Å²) in [5, 5.41) is 0.200. The van der Waals surface area contributed by atoms with Gasteiger partial charge < -0.3 is 4.90 Å². The minimum Gasteiger partial charge on any atom is -0.306 e. The predicted octanol–water partition coefficient (Wildman–Crippen LogP) is 1.61. The van der Waals surface area contributed by atoms with E-state index in [1.54, 1.807) is 4.31 Å². The summed E-state index contributed by atoms with van der Waals surface area (Å²) in [7, 11) is -0.945. The standard InChI is InChI=1S/C12H25ClN2O2S/c1-11(13)6-8-14(2)9-12-5-4-7-15(10-12)18(3,16)17/h11-12H,4-10H2,1-3H3. The third kappa shape index (κ3) is 5.87. The second kappa shape index (κ2) is 7.08. The molecule has 1 aliphatic heterocycles. The number of halogens is 1. The summed E-state index contributed by atoms with van der Waals surface area (Å²) in [6, 6.07) is 0. The van der Waals surface area contributed by atoms with Crippen molar-refractivity contribution in [3.05, 3.63) is 0 Å². The molecule has 1 heterocycles. The van der Waals surface area contributed by atoms with Crippen molar-refractivity contribution in [1.82, 2.24) is 9.21 Å². The molecule has 6 heteroatoms. The number of alkyl halides is 1. The highest BCUT2D eigenvalue weighted by Crippen LogP contribution is 2.19. The molecule has 4 nitrogen and oxygen atoms in total. The van der Waals surface area contributed by atoms with Gasteiger partial charge in [-0.3, -0.25) is 0 Å². The summed E-state index contributed by atoms with van der Waals surface area (Å²) in [6.45, 7) is 5.27. The van der Waals surface area contributed by atoms with Crippen LogP contribution in [0.5, 0.6) is 0 Å². The van der Waals surface area contributed by atoms with Crippen LogP contribution in [0, 0.1) is 5.92 Å². The van der Waals surface area contributed by atoms with Gasteiger partial charge in [-0.2, -0.15) is 0 Å². The molecular weight excluding hydrogens is 272 g/mol. The molecule has 0 aliphatic carbocycles. The van der Waals surface area contributed by atoms with Gasteiger partial charge in [0.05, 0.1) is 6.26 Å². The number of rotatable bonds is 6. The van der Waals surface area contributed by atoms with Gasteiger partial charge in [0.1, 0.15) is 0 Å². The van der Waals surface area contributed by atoms with Gasteiger partial charge in [-0.05, 0) is 45.7 Å². The SMILES string of the molecule is CC(Cl)CCN(C)CC1CCCN(S(C)(=O)=O)C1. The summed E-state index contributed by atoms with van der Waals surface area (Å²) in [6.07, 6.45) is 4.36. The summed E-state index contributed by atoms with van der Waals surface area (Å²) >= 11 is 5.93. The first-order valence-corrected chi connectivity index (χ1v) is 8.85. The summed E-state index contributed by atoms with van der Waals surface area (Å²) < 4.78 is 24.7. The predicted molar refractivity (Wildman–Crippen MR) is 76.6 cm³/mol. The molecule has 0 aromatic carbocycles. The van der Waals surface area contributed by atoms with Gasteiger partial charge in [0, 0.05) is 25.0 Å². The Hall–Kier alpha value is 0.160. The molecule has 0 spiro atoms. The van der Waals surface area contributed by atoms with Gasteiger partial charge in [0.25, 0.3) is 0 Å². The first-order valence-electron chi connectivity index (χ1n) is 6.56. The van der Waals surface area contributed by atoms with Gasteiger partial charge in [-0.15, -0.1) is 11.6 Å². The molecule has 0 aromatic rings. The minimum atomic E-state index is -3.03. The molecule has 1 fully saturated rings. The van der Waals surface area contributed by atoms with E-state index < -0.39 is 10.0 Å². The average Bonchev–Trinajstić information content (AvgIpc) is 2.25. The van der Waals surface area contributed by atoms with E-state index in [0.29, 0.717) is 19.0 Å². The Morgan fingerprint density at radius 1 is 1.50 bits per heavy atom. The molecule has 0 aromatic heterocycles. The monoisotopic (exact) mass is 296 g/mol. The number of sulfonamides is 1. The Kier molecular flexibility index (Phi) is 6.38. The molecule has 1 aliphatic rings. The van der Waals surface area contributed by atoms with Crippen LogP contribution in [0.4, 0.5) is 0 Å². The average molecular weight is 297 g/mol. The van der Waals surface area contributed by atoms with Gasteiger partial charge in [0.2, 0.25) is 10.0 Å². The Labute approximate surface area is 116 Å². The van der Waals surface area contributed by atoms with E-state index in [1.165, 1.54) is 6.26 Å². The van der Waals surface area contributed by atoms with Crippen LogP contribution in [0.3, 0.4) is 0 Å². The summed E-state index contributed by atoms with van der Waals surface area (Å²) in [5.41, 5.74) is 0. The fraction of sp³-hybridized carbons (Fsp3) is 1.00. The maximum absolute atomic E-state index is 11.5. The Morgan fingerprint density at radius 3 is 2.72 bits per heavy atom. The zero-order chi connectivity index (χ0) is 13.8. The molecule has 18 heavy (non-hydrogen) atoms. The van der Waals surface area contributed by atoms with Crippen LogP contribution >= 0.6 is 11.6 Å². The molecule has 1 saturated heterocycles. The Bertz CT molecular complexity index is 346.